The van der Waals surface area contributed by atoms with Crippen LogP contribution in [0.1, 0.15) is 0 Å². The monoisotopic (exact) mass is 689 g/mol. The maximum Gasteiger partial charge on any atom is 0.135 e. The molecule has 2 nitrogen and oxygen atoms in total. The average Bonchev–Trinajstić information content (AvgIpc) is 3.69. The van der Waals surface area contributed by atoms with E-state index in [4.69, 9.17) is 4.42 Å². The highest BCUT2D eigenvalue weighted by molar-refractivity contribution is 6.08. The first-order valence-corrected chi connectivity index (χ1v) is 18.4. The van der Waals surface area contributed by atoms with E-state index in [2.05, 4.69) is 199 Å². The van der Waals surface area contributed by atoms with Crippen molar-refractivity contribution in [2.75, 3.05) is 4.90 Å². The third-order valence-electron chi connectivity index (χ3n) is 10.4. The lowest BCUT2D eigenvalue weighted by Crippen LogP contribution is -2.10. The SMILES string of the molecule is c1ccc(-c2cccc(N(c3ccc(-c4ccc(-c5cccc(-c6cc7ccccc7o6)c5)cc4)cc3)c3ccc4c(ccc5ccccc54)c3)c2)cc1. The predicted octanol–water partition coefficient (Wildman–Crippen LogP) is 14.9. The van der Waals surface area contributed by atoms with E-state index in [0.717, 1.165) is 44.9 Å². The molecule has 0 saturated heterocycles. The van der Waals surface area contributed by atoms with Gasteiger partial charge in [-0.15, -0.1) is 0 Å². The number of benzene rings is 9. The number of hydrogen-bond acceptors (Lipinski definition) is 2. The highest BCUT2D eigenvalue weighted by Crippen LogP contribution is 2.40. The van der Waals surface area contributed by atoms with Crippen LogP contribution in [0.4, 0.5) is 17.1 Å². The normalized spacial score (nSPS) is 11.3. The van der Waals surface area contributed by atoms with Crippen LogP contribution in [-0.4, -0.2) is 0 Å². The Hall–Kier alpha value is -7.16. The van der Waals surface area contributed by atoms with Crippen LogP contribution in [0.3, 0.4) is 0 Å². The molecule has 54 heavy (non-hydrogen) atoms. The zero-order valence-corrected chi connectivity index (χ0v) is 29.6. The Balaban J connectivity index is 0.987. The Morgan fingerprint density at radius 2 is 0.815 bits per heavy atom. The van der Waals surface area contributed by atoms with E-state index in [9.17, 15) is 0 Å². The smallest absolute Gasteiger partial charge is 0.135 e. The number of hydrogen-bond donors (Lipinski definition) is 0. The van der Waals surface area contributed by atoms with Crippen LogP contribution in [0.5, 0.6) is 0 Å². The maximum absolute atomic E-state index is 6.16. The van der Waals surface area contributed by atoms with E-state index >= 15 is 0 Å². The number of anilines is 3. The number of rotatable bonds is 7. The van der Waals surface area contributed by atoms with Gasteiger partial charge >= 0.3 is 0 Å². The van der Waals surface area contributed by atoms with E-state index in [-0.39, 0.29) is 0 Å². The van der Waals surface area contributed by atoms with Crippen molar-refractivity contribution in [3.63, 3.8) is 0 Å². The lowest BCUT2D eigenvalue weighted by atomic mass is 9.98. The third-order valence-corrected chi connectivity index (χ3v) is 10.4. The molecule has 0 aliphatic rings. The first-order chi connectivity index (χ1) is 26.7. The van der Waals surface area contributed by atoms with Gasteiger partial charge in [0.05, 0.1) is 0 Å². The summed E-state index contributed by atoms with van der Waals surface area (Å²) in [5.74, 6) is 0.882. The summed E-state index contributed by atoms with van der Waals surface area (Å²) < 4.78 is 6.16. The molecule has 0 amide bonds. The van der Waals surface area contributed by atoms with Crippen LogP contribution in [0.2, 0.25) is 0 Å². The number of fused-ring (bicyclic) bond motifs is 4. The summed E-state index contributed by atoms with van der Waals surface area (Å²) in [6.45, 7) is 0. The molecule has 0 unspecified atom stereocenters. The second kappa shape index (κ2) is 13.4. The lowest BCUT2D eigenvalue weighted by Gasteiger charge is -2.27. The van der Waals surface area contributed by atoms with Crippen molar-refractivity contribution in [1.82, 2.24) is 0 Å². The van der Waals surface area contributed by atoms with E-state index in [0.29, 0.717) is 0 Å². The van der Waals surface area contributed by atoms with Crippen molar-refractivity contribution < 1.29 is 4.42 Å². The van der Waals surface area contributed by atoms with Crippen LogP contribution in [0, 0.1) is 0 Å². The molecular formula is C52H35NO. The van der Waals surface area contributed by atoms with Crippen molar-refractivity contribution in [3.8, 4) is 44.7 Å². The van der Waals surface area contributed by atoms with Crippen molar-refractivity contribution in [1.29, 1.82) is 0 Å². The van der Waals surface area contributed by atoms with Crippen LogP contribution < -0.4 is 4.90 Å². The molecule has 1 aromatic heterocycles. The topological polar surface area (TPSA) is 16.4 Å². The van der Waals surface area contributed by atoms with Crippen LogP contribution >= 0.6 is 0 Å². The molecule has 0 fully saturated rings. The molecule has 0 bridgehead atoms. The van der Waals surface area contributed by atoms with Crippen LogP contribution in [-0.2, 0) is 0 Å². The van der Waals surface area contributed by atoms with Crippen LogP contribution in [0.15, 0.2) is 217 Å². The van der Waals surface area contributed by atoms with Crippen molar-refractivity contribution >= 4 is 49.6 Å². The Bertz CT molecular complexity index is 2890. The van der Waals surface area contributed by atoms with Crippen molar-refractivity contribution in [2.45, 2.75) is 0 Å². The molecule has 254 valence electrons. The molecule has 0 aliphatic heterocycles. The zero-order chi connectivity index (χ0) is 35.8. The Labute approximate surface area is 314 Å². The van der Waals surface area contributed by atoms with E-state index in [1.54, 1.807) is 0 Å². The molecule has 10 rings (SSSR count). The minimum absolute atomic E-state index is 0.882. The van der Waals surface area contributed by atoms with Gasteiger partial charge in [-0.3, -0.25) is 0 Å². The van der Waals surface area contributed by atoms with Gasteiger partial charge in [0.1, 0.15) is 11.3 Å². The molecule has 0 radical (unpaired) electrons. The summed E-state index contributed by atoms with van der Waals surface area (Å²) in [5, 5.41) is 6.12. The highest BCUT2D eigenvalue weighted by Gasteiger charge is 2.16. The number of furan rings is 1. The Kier molecular flexibility index (Phi) is 7.85. The second-order valence-corrected chi connectivity index (χ2v) is 13.8. The van der Waals surface area contributed by atoms with E-state index in [1.807, 2.05) is 18.2 Å². The minimum atomic E-state index is 0.882. The van der Waals surface area contributed by atoms with Gasteiger partial charge in [0, 0.05) is 28.0 Å². The average molecular weight is 690 g/mol. The second-order valence-electron chi connectivity index (χ2n) is 13.8. The van der Waals surface area contributed by atoms with Gasteiger partial charge in [-0.05, 0) is 110 Å². The number of nitrogens with zero attached hydrogens (tertiary/aromatic N) is 1. The minimum Gasteiger partial charge on any atom is -0.456 e. The Morgan fingerprint density at radius 1 is 0.278 bits per heavy atom. The quantitative estimate of drug-likeness (QED) is 0.155. The molecule has 2 heteroatoms. The van der Waals surface area contributed by atoms with Gasteiger partial charge in [0.15, 0.2) is 0 Å². The van der Waals surface area contributed by atoms with E-state index in [1.165, 1.54) is 49.4 Å². The van der Waals surface area contributed by atoms with Gasteiger partial charge in [0.25, 0.3) is 0 Å². The molecule has 10 aromatic rings. The molecule has 0 aliphatic carbocycles. The maximum atomic E-state index is 6.16. The van der Waals surface area contributed by atoms with Gasteiger partial charge in [-0.2, -0.15) is 0 Å². The fraction of sp³-hybridized carbons (Fsp3) is 0. The summed E-state index contributed by atoms with van der Waals surface area (Å²) in [5.41, 5.74) is 12.4. The summed E-state index contributed by atoms with van der Waals surface area (Å²) in [6, 6.07) is 75.9. The molecular weight excluding hydrogens is 655 g/mol. The molecule has 0 N–H and O–H groups in total. The lowest BCUT2D eigenvalue weighted by molar-refractivity contribution is 0.631. The van der Waals surface area contributed by atoms with Gasteiger partial charge in [-0.1, -0.05) is 158 Å². The summed E-state index contributed by atoms with van der Waals surface area (Å²) >= 11 is 0. The van der Waals surface area contributed by atoms with Gasteiger partial charge in [-0.25, -0.2) is 0 Å². The fourth-order valence-electron chi connectivity index (χ4n) is 7.68. The van der Waals surface area contributed by atoms with Crippen molar-refractivity contribution in [2.24, 2.45) is 0 Å². The summed E-state index contributed by atoms with van der Waals surface area (Å²) in [4.78, 5) is 2.36. The fourth-order valence-corrected chi connectivity index (χ4v) is 7.68. The first kappa shape index (κ1) is 31.6. The standard InChI is InChI=1S/C52H35NO/c1-2-10-36(11-3-1)42-15-9-17-47(33-42)53(48-30-31-50-43(34-48)25-24-40-12-4-6-18-49(40)50)46-28-26-38(27-29-46)37-20-22-39(23-21-37)41-14-8-16-44(32-41)52-35-45-13-5-7-19-51(45)54-52/h1-35H. The third kappa shape index (κ3) is 5.90. The van der Waals surface area contributed by atoms with Gasteiger partial charge in [0.2, 0.25) is 0 Å². The largest absolute Gasteiger partial charge is 0.456 e. The highest BCUT2D eigenvalue weighted by atomic mass is 16.3. The zero-order valence-electron chi connectivity index (χ0n) is 29.6. The number of para-hydroxylation sites is 1. The Morgan fingerprint density at radius 3 is 1.61 bits per heavy atom. The molecule has 0 atom stereocenters. The van der Waals surface area contributed by atoms with E-state index < -0.39 is 0 Å². The van der Waals surface area contributed by atoms with Crippen LogP contribution in [0.25, 0.3) is 77.2 Å². The first-order valence-electron chi connectivity index (χ1n) is 18.4. The van der Waals surface area contributed by atoms with Gasteiger partial charge < -0.3 is 9.32 Å². The molecule has 1 heterocycles. The molecule has 9 aromatic carbocycles. The summed E-state index contributed by atoms with van der Waals surface area (Å²) in [6.07, 6.45) is 0. The van der Waals surface area contributed by atoms with Crippen molar-refractivity contribution in [3.05, 3.63) is 212 Å². The predicted molar refractivity (Wildman–Crippen MR) is 228 cm³/mol. The molecule has 0 spiro atoms. The summed E-state index contributed by atoms with van der Waals surface area (Å²) in [7, 11) is 0. The molecule has 0 saturated carbocycles.